The van der Waals surface area contributed by atoms with Crippen molar-refractivity contribution >= 4 is 40.8 Å². The number of hydrogen-bond acceptors (Lipinski definition) is 6. The molecule has 0 saturated carbocycles. The van der Waals surface area contributed by atoms with Crippen molar-refractivity contribution in [2.75, 3.05) is 29.1 Å². The number of urea groups is 1. The smallest absolute Gasteiger partial charge is 0.320 e. The predicted octanol–water partition coefficient (Wildman–Crippen LogP) is 5.16. The fraction of sp³-hybridized carbons (Fsp3) is 0.259. The molecule has 37 heavy (non-hydrogen) atoms. The second kappa shape index (κ2) is 13.0. The first-order valence-corrected chi connectivity index (χ1v) is 11.9. The minimum absolute atomic E-state index is 0.189. The van der Waals surface area contributed by atoms with Crippen LogP contribution in [0.1, 0.15) is 41.8 Å². The number of nitrogens with zero attached hydrogens (tertiary/aromatic N) is 1. The van der Waals surface area contributed by atoms with E-state index >= 15 is 0 Å². The van der Waals surface area contributed by atoms with Gasteiger partial charge in [-0.2, -0.15) is 0 Å². The van der Waals surface area contributed by atoms with Gasteiger partial charge < -0.3 is 20.7 Å². The van der Waals surface area contributed by atoms with Crippen LogP contribution in [0.5, 0.6) is 0 Å². The van der Waals surface area contributed by atoms with Crippen LogP contribution in [0.15, 0.2) is 54.7 Å². The van der Waals surface area contributed by atoms with Crippen LogP contribution in [0.2, 0.25) is 0 Å². The molecule has 0 aliphatic carbocycles. The summed E-state index contributed by atoms with van der Waals surface area (Å²) in [5.41, 5.74) is 2.90. The largest absolute Gasteiger partial charge is 0.466 e. The van der Waals surface area contributed by atoms with Crippen molar-refractivity contribution < 1.29 is 23.5 Å². The average Bonchev–Trinajstić information content (AvgIpc) is 2.86. The normalized spacial score (nSPS) is 10.4. The molecule has 3 aromatic rings. The zero-order valence-electron chi connectivity index (χ0n) is 21.0. The number of rotatable bonds is 10. The minimum atomic E-state index is -0.452. The highest BCUT2D eigenvalue weighted by Gasteiger charge is 2.16. The second-order valence-corrected chi connectivity index (χ2v) is 8.14. The van der Waals surface area contributed by atoms with Crippen LogP contribution in [-0.4, -0.2) is 36.0 Å². The van der Waals surface area contributed by atoms with Crippen molar-refractivity contribution in [1.82, 2.24) is 10.3 Å². The van der Waals surface area contributed by atoms with Gasteiger partial charge in [-0.3, -0.25) is 14.9 Å². The summed E-state index contributed by atoms with van der Waals surface area (Å²) in [5, 5.41) is 11.1. The number of esters is 1. The van der Waals surface area contributed by atoms with E-state index in [1.54, 1.807) is 45.0 Å². The molecule has 3 rings (SSSR count). The van der Waals surface area contributed by atoms with E-state index in [0.717, 1.165) is 5.56 Å². The Balaban J connectivity index is 1.79. The first-order valence-electron chi connectivity index (χ1n) is 11.9. The molecule has 0 atom stereocenters. The molecular formula is C27H30FN5O4. The molecule has 9 nitrogen and oxygen atoms in total. The van der Waals surface area contributed by atoms with Crippen LogP contribution in [0.3, 0.4) is 0 Å². The predicted molar refractivity (Wildman–Crippen MR) is 141 cm³/mol. The zero-order chi connectivity index (χ0) is 26.8. The number of aryl methyl sites for hydroxylation is 2. The number of amides is 3. The Kier molecular flexibility index (Phi) is 9.54. The number of carbonyl (C=O) groups excluding carboxylic acids is 3. The third-order valence-electron chi connectivity index (χ3n) is 5.31. The maximum absolute atomic E-state index is 14.1. The maximum atomic E-state index is 14.1. The SMILES string of the molecule is CCNC(=O)Nc1cc(Nc2ccc(C)c(F)c2)c(C(=O)Nc2ccc(CCC(=O)OCC)cc2)cn1. The van der Waals surface area contributed by atoms with Crippen LogP contribution in [0.4, 0.5) is 32.1 Å². The van der Waals surface area contributed by atoms with Gasteiger partial charge in [0.05, 0.1) is 17.9 Å². The van der Waals surface area contributed by atoms with Gasteiger partial charge in [0.25, 0.3) is 5.91 Å². The molecule has 1 aromatic heterocycles. The number of anilines is 4. The summed E-state index contributed by atoms with van der Waals surface area (Å²) in [4.78, 5) is 40.8. The van der Waals surface area contributed by atoms with E-state index < -0.39 is 17.8 Å². The molecule has 0 aliphatic rings. The maximum Gasteiger partial charge on any atom is 0.320 e. The number of halogens is 1. The van der Waals surface area contributed by atoms with Gasteiger partial charge in [0.2, 0.25) is 0 Å². The highest BCUT2D eigenvalue weighted by molar-refractivity contribution is 6.08. The lowest BCUT2D eigenvalue weighted by atomic mass is 10.1. The van der Waals surface area contributed by atoms with E-state index in [-0.39, 0.29) is 23.8 Å². The first-order chi connectivity index (χ1) is 17.8. The van der Waals surface area contributed by atoms with Crippen LogP contribution in [-0.2, 0) is 16.0 Å². The molecule has 0 radical (unpaired) electrons. The van der Waals surface area contributed by atoms with Gasteiger partial charge in [-0.1, -0.05) is 18.2 Å². The number of ether oxygens (including phenoxy) is 1. The third kappa shape index (κ3) is 8.03. The number of carbonyl (C=O) groups is 3. The molecule has 194 valence electrons. The summed E-state index contributed by atoms with van der Waals surface area (Å²) >= 11 is 0. The zero-order valence-corrected chi connectivity index (χ0v) is 21.0. The molecule has 0 spiro atoms. The van der Waals surface area contributed by atoms with Gasteiger partial charge in [-0.05, 0) is 62.6 Å². The Bertz CT molecular complexity index is 1260. The van der Waals surface area contributed by atoms with Crippen molar-refractivity contribution in [1.29, 1.82) is 0 Å². The number of nitrogens with one attached hydrogen (secondary N) is 4. The lowest BCUT2D eigenvalue weighted by Crippen LogP contribution is -2.28. The number of hydrogen-bond donors (Lipinski definition) is 4. The lowest BCUT2D eigenvalue weighted by Gasteiger charge is -2.15. The topological polar surface area (TPSA) is 121 Å². The molecule has 2 aromatic carbocycles. The van der Waals surface area contributed by atoms with Crippen LogP contribution < -0.4 is 21.3 Å². The monoisotopic (exact) mass is 507 g/mol. The summed E-state index contributed by atoms with van der Waals surface area (Å²) in [7, 11) is 0. The quantitative estimate of drug-likeness (QED) is 0.281. The number of pyridine rings is 1. The Hall–Kier alpha value is -4.47. The van der Waals surface area contributed by atoms with E-state index in [1.165, 1.54) is 18.3 Å². The minimum Gasteiger partial charge on any atom is -0.466 e. The van der Waals surface area contributed by atoms with Crippen molar-refractivity contribution in [3.05, 3.63) is 77.2 Å². The Labute approximate surface area is 214 Å². The molecule has 1 heterocycles. The van der Waals surface area contributed by atoms with Gasteiger partial charge in [-0.15, -0.1) is 0 Å². The summed E-state index contributed by atoms with van der Waals surface area (Å²) < 4.78 is 19.1. The fourth-order valence-corrected chi connectivity index (χ4v) is 3.39. The molecular weight excluding hydrogens is 477 g/mol. The fourth-order valence-electron chi connectivity index (χ4n) is 3.39. The van der Waals surface area contributed by atoms with Crippen LogP contribution in [0, 0.1) is 12.7 Å². The van der Waals surface area contributed by atoms with E-state index in [2.05, 4.69) is 26.3 Å². The average molecular weight is 508 g/mol. The van der Waals surface area contributed by atoms with E-state index in [9.17, 15) is 18.8 Å². The van der Waals surface area contributed by atoms with Crippen LogP contribution in [0.25, 0.3) is 0 Å². The Morgan fingerprint density at radius 3 is 2.38 bits per heavy atom. The standard InChI is InChI=1S/C27H30FN5O4/c1-4-29-27(36)33-24-15-23(31-20-10-6-17(3)22(28)14-20)21(16-30-24)26(35)32-19-11-7-18(8-12-19)9-13-25(34)37-5-2/h6-8,10-12,14-16H,4-5,9,13H2,1-3H3,(H,32,35)(H3,29,30,31,33,36). The van der Waals surface area contributed by atoms with Gasteiger partial charge in [0.15, 0.2) is 0 Å². The Morgan fingerprint density at radius 1 is 0.973 bits per heavy atom. The summed E-state index contributed by atoms with van der Waals surface area (Å²) in [6, 6.07) is 12.8. The molecule has 0 bridgehead atoms. The second-order valence-electron chi connectivity index (χ2n) is 8.14. The van der Waals surface area contributed by atoms with Gasteiger partial charge >= 0.3 is 12.0 Å². The molecule has 4 N–H and O–H groups in total. The molecule has 3 amide bonds. The van der Waals surface area contributed by atoms with E-state index in [0.29, 0.717) is 42.2 Å². The first kappa shape index (κ1) is 27.1. The summed E-state index contributed by atoms with van der Waals surface area (Å²) in [6.45, 7) is 5.98. The van der Waals surface area contributed by atoms with Gasteiger partial charge in [-0.25, -0.2) is 14.2 Å². The van der Waals surface area contributed by atoms with Gasteiger partial charge in [0, 0.05) is 36.6 Å². The van der Waals surface area contributed by atoms with E-state index in [4.69, 9.17) is 4.74 Å². The third-order valence-corrected chi connectivity index (χ3v) is 5.31. The van der Waals surface area contributed by atoms with Crippen LogP contribution >= 0.6 is 0 Å². The van der Waals surface area contributed by atoms with Crippen molar-refractivity contribution in [2.24, 2.45) is 0 Å². The summed E-state index contributed by atoms with van der Waals surface area (Å²) in [5.74, 6) is -0.894. The molecule has 0 unspecified atom stereocenters. The highest BCUT2D eigenvalue weighted by atomic mass is 19.1. The molecule has 0 fully saturated rings. The highest BCUT2D eigenvalue weighted by Crippen LogP contribution is 2.26. The van der Waals surface area contributed by atoms with Crippen molar-refractivity contribution in [2.45, 2.75) is 33.6 Å². The number of aromatic nitrogens is 1. The molecule has 10 heteroatoms. The van der Waals surface area contributed by atoms with Gasteiger partial charge in [0.1, 0.15) is 11.6 Å². The molecule has 0 aliphatic heterocycles. The van der Waals surface area contributed by atoms with E-state index in [1.807, 2.05) is 12.1 Å². The Morgan fingerprint density at radius 2 is 1.70 bits per heavy atom. The summed E-state index contributed by atoms with van der Waals surface area (Å²) in [6.07, 6.45) is 2.13. The van der Waals surface area contributed by atoms with Crippen molar-refractivity contribution in [3.63, 3.8) is 0 Å². The number of benzene rings is 2. The lowest BCUT2D eigenvalue weighted by molar-refractivity contribution is -0.143. The molecule has 0 saturated heterocycles. The van der Waals surface area contributed by atoms with Crippen molar-refractivity contribution in [3.8, 4) is 0 Å².